The Kier molecular flexibility index (Phi) is 2.78. The lowest BCUT2D eigenvalue weighted by atomic mass is 10.1. The molecule has 1 aliphatic rings. The molecule has 1 aliphatic carbocycles. The second-order valence-electron chi connectivity index (χ2n) is 4.78. The van der Waals surface area contributed by atoms with Gasteiger partial charge in [0.15, 0.2) is 5.69 Å². The van der Waals surface area contributed by atoms with Gasteiger partial charge in [-0.1, -0.05) is 0 Å². The van der Waals surface area contributed by atoms with Crippen molar-refractivity contribution in [2.24, 2.45) is 0 Å². The van der Waals surface area contributed by atoms with E-state index in [0.29, 0.717) is 17.0 Å². The summed E-state index contributed by atoms with van der Waals surface area (Å²) in [6.07, 6.45) is -1.62. The molecule has 1 aromatic carbocycles. The Labute approximate surface area is 113 Å². The number of benzene rings is 1. The summed E-state index contributed by atoms with van der Waals surface area (Å²) in [4.78, 5) is 3.72. The SMILES string of the molecule is N#Cc1ccc(-c2nc(C(F)(F)F)cn2C2CC2)cc1. The first kappa shape index (κ1) is 12.7. The molecule has 0 spiro atoms. The highest BCUT2D eigenvalue weighted by molar-refractivity contribution is 5.58. The standard InChI is InChI=1S/C14H10F3N3/c15-14(16,17)12-8-20(11-5-6-11)13(19-12)10-3-1-9(7-18)2-4-10/h1-4,8,11H,5-6H2. The van der Waals surface area contributed by atoms with E-state index in [4.69, 9.17) is 5.26 Å². The minimum absolute atomic E-state index is 0.101. The number of hydrogen-bond donors (Lipinski definition) is 0. The van der Waals surface area contributed by atoms with Crippen molar-refractivity contribution in [2.45, 2.75) is 25.1 Å². The average Bonchev–Trinajstić information content (AvgIpc) is 3.16. The molecule has 6 heteroatoms. The van der Waals surface area contributed by atoms with Crippen molar-refractivity contribution in [3.63, 3.8) is 0 Å². The summed E-state index contributed by atoms with van der Waals surface area (Å²) in [5.74, 6) is 0.310. The molecule has 0 radical (unpaired) electrons. The fraction of sp³-hybridized carbons (Fsp3) is 0.286. The van der Waals surface area contributed by atoms with Crippen LogP contribution < -0.4 is 0 Å². The highest BCUT2D eigenvalue weighted by Gasteiger charge is 2.37. The number of nitriles is 1. The normalized spacial score (nSPS) is 15.1. The molecular weight excluding hydrogens is 267 g/mol. The van der Waals surface area contributed by atoms with Crippen molar-refractivity contribution in [1.82, 2.24) is 9.55 Å². The van der Waals surface area contributed by atoms with Crippen molar-refractivity contribution < 1.29 is 13.2 Å². The molecule has 1 aromatic heterocycles. The largest absolute Gasteiger partial charge is 0.434 e. The molecule has 3 rings (SSSR count). The molecule has 102 valence electrons. The third-order valence-corrected chi connectivity index (χ3v) is 3.24. The molecule has 0 atom stereocenters. The molecule has 1 heterocycles. The van der Waals surface area contributed by atoms with Crippen LogP contribution in [0, 0.1) is 11.3 Å². The van der Waals surface area contributed by atoms with E-state index in [1.165, 1.54) is 0 Å². The number of halogens is 3. The molecule has 0 unspecified atom stereocenters. The fourth-order valence-electron chi connectivity index (χ4n) is 2.07. The van der Waals surface area contributed by atoms with E-state index in [1.807, 2.05) is 6.07 Å². The number of alkyl halides is 3. The van der Waals surface area contributed by atoms with Gasteiger partial charge >= 0.3 is 6.18 Å². The van der Waals surface area contributed by atoms with E-state index >= 15 is 0 Å². The van der Waals surface area contributed by atoms with Gasteiger partial charge in [-0.3, -0.25) is 0 Å². The topological polar surface area (TPSA) is 41.6 Å². The number of aromatic nitrogens is 2. The van der Waals surface area contributed by atoms with Gasteiger partial charge in [0.25, 0.3) is 0 Å². The molecule has 3 nitrogen and oxygen atoms in total. The first-order valence-corrected chi connectivity index (χ1v) is 6.15. The average molecular weight is 277 g/mol. The molecule has 0 bridgehead atoms. The monoisotopic (exact) mass is 277 g/mol. The highest BCUT2D eigenvalue weighted by atomic mass is 19.4. The molecule has 2 aromatic rings. The summed E-state index contributed by atoms with van der Waals surface area (Å²) in [7, 11) is 0. The Hall–Kier alpha value is -2.29. The fourth-order valence-corrected chi connectivity index (χ4v) is 2.07. The Morgan fingerprint density at radius 1 is 1.20 bits per heavy atom. The predicted octanol–water partition coefficient (Wildman–Crippen LogP) is 3.78. The molecule has 1 saturated carbocycles. The zero-order valence-corrected chi connectivity index (χ0v) is 10.4. The van der Waals surface area contributed by atoms with Crippen LogP contribution in [-0.4, -0.2) is 9.55 Å². The lowest BCUT2D eigenvalue weighted by Crippen LogP contribution is -2.05. The maximum absolute atomic E-state index is 12.8. The molecular formula is C14H10F3N3. The lowest BCUT2D eigenvalue weighted by Gasteiger charge is -2.05. The second-order valence-corrected chi connectivity index (χ2v) is 4.78. The maximum Gasteiger partial charge on any atom is 0.434 e. The van der Waals surface area contributed by atoms with E-state index in [1.54, 1.807) is 28.8 Å². The number of rotatable bonds is 2. The molecule has 0 N–H and O–H groups in total. The first-order valence-electron chi connectivity index (χ1n) is 6.15. The van der Waals surface area contributed by atoms with Gasteiger partial charge in [0.2, 0.25) is 0 Å². The van der Waals surface area contributed by atoms with Crippen LogP contribution >= 0.6 is 0 Å². The van der Waals surface area contributed by atoms with Gasteiger partial charge in [-0.15, -0.1) is 0 Å². The quantitative estimate of drug-likeness (QED) is 0.838. The summed E-state index contributed by atoms with van der Waals surface area (Å²) in [6, 6.07) is 8.48. The van der Waals surface area contributed by atoms with Crippen LogP contribution in [0.25, 0.3) is 11.4 Å². The third-order valence-electron chi connectivity index (χ3n) is 3.24. The number of imidazole rings is 1. The zero-order chi connectivity index (χ0) is 14.3. The molecule has 1 fully saturated rings. The summed E-state index contributed by atoms with van der Waals surface area (Å²) in [5.41, 5.74) is 0.185. The highest BCUT2D eigenvalue weighted by Crippen LogP contribution is 2.40. The summed E-state index contributed by atoms with van der Waals surface area (Å²) < 4.78 is 39.9. The minimum Gasteiger partial charge on any atom is -0.327 e. The van der Waals surface area contributed by atoms with E-state index in [-0.39, 0.29) is 6.04 Å². The van der Waals surface area contributed by atoms with Gasteiger partial charge in [0, 0.05) is 17.8 Å². The Morgan fingerprint density at radius 2 is 1.85 bits per heavy atom. The van der Waals surface area contributed by atoms with Crippen LogP contribution in [0.3, 0.4) is 0 Å². The van der Waals surface area contributed by atoms with Gasteiger partial charge in [0.1, 0.15) is 5.82 Å². The van der Waals surface area contributed by atoms with Gasteiger partial charge < -0.3 is 4.57 Å². The Morgan fingerprint density at radius 3 is 2.35 bits per heavy atom. The van der Waals surface area contributed by atoms with Crippen molar-refractivity contribution in [2.75, 3.05) is 0 Å². The van der Waals surface area contributed by atoms with Crippen molar-refractivity contribution in [3.8, 4) is 17.5 Å². The van der Waals surface area contributed by atoms with Gasteiger partial charge in [-0.05, 0) is 37.1 Å². The van der Waals surface area contributed by atoms with Gasteiger partial charge in [0.05, 0.1) is 11.6 Å². The van der Waals surface area contributed by atoms with Gasteiger partial charge in [-0.2, -0.15) is 18.4 Å². The van der Waals surface area contributed by atoms with Crippen LogP contribution in [0.4, 0.5) is 13.2 Å². The lowest BCUT2D eigenvalue weighted by molar-refractivity contribution is -0.140. The summed E-state index contributed by atoms with van der Waals surface area (Å²) in [5, 5.41) is 8.74. The van der Waals surface area contributed by atoms with Crippen LogP contribution in [0.5, 0.6) is 0 Å². The van der Waals surface area contributed by atoms with Crippen molar-refractivity contribution in [3.05, 3.63) is 41.7 Å². The summed E-state index contributed by atoms with van der Waals surface area (Å²) in [6.45, 7) is 0. The smallest absolute Gasteiger partial charge is 0.327 e. The minimum atomic E-state index is -4.44. The number of hydrogen-bond acceptors (Lipinski definition) is 2. The van der Waals surface area contributed by atoms with Crippen LogP contribution in [-0.2, 0) is 6.18 Å². The first-order chi connectivity index (χ1) is 9.49. The second kappa shape index (κ2) is 4.37. The van der Waals surface area contributed by atoms with E-state index in [2.05, 4.69) is 4.98 Å². The van der Waals surface area contributed by atoms with Crippen LogP contribution in [0.15, 0.2) is 30.5 Å². The van der Waals surface area contributed by atoms with Crippen molar-refractivity contribution >= 4 is 0 Å². The molecule has 20 heavy (non-hydrogen) atoms. The molecule has 0 aliphatic heterocycles. The third kappa shape index (κ3) is 2.27. The van der Waals surface area contributed by atoms with Crippen molar-refractivity contribution in [1.29, 1.82) is 5.26 Å². The molecule has 0 amide bonds. The van der Waals surface area contributed by atoms with Crippen LogP contribution in [0.2, 0.25) is 0 Å². The maximum atomic E-state index is 12.8. The summed E-state index contributed by atoms with van der Waals surface area (Å²) >= 11 is 0. The zero-order valence-electron chi connectivity index (χ0n) is 10.4. The van der Waals surface area contributed by atoms with Crippen LogP contribution in [0.1, 0.15) is 30.1 Å². The van der Waals surface area contributed by atoms with E-state index in [0.717, 1.165) is 19.0 Å². The Balaban J connectivity index is 2.07. The van der Waals surface area contributed by atoms with E-state index in [9.17, 15) is 13.2 Å². The predicted molar refractivity (Wildman–Crippen MR) is 65.7 cm³/mol. The Bertz CT molecular complexity index is 673. The van der Waals surface area contributed by atoms with Gasteiger partial charge in [-0.25, -0.2) is 4.98 Å². The van der Waals surface area contributed by atoms with E-state index < -0.39 is 11.9 Å². The molecule has 0 saturated heterocycles. The number of nitrogens with zero attached hydrogens (tertiary/aromatic N) is 3.